The molecule has 0 spiro atoms. The lowest BCUT2D eigenvalue weighted by atomic mass is 10.3. The summed E-state index contributed by atoms with van der Waals surface area (Å²) in [6.45, 7) is 0.0394. The van der Waals surface area contributed by atoms with Crippen LogP contribution < -0.4 is 5.32 Å². The van der Waals surface area contributed by atoms with Gasteiger partial charge in [0, 0.05) is 22.6 Å². The van der Waals surface area contributed by atoms with E-state index in [2.05, 4.69) is 31.4 Å². The van der Waals surface area contributed by atoms with E-state index in [9.17, 15) is 18.0 Å². The van der Waals surface area contributed by atoms with Gasteiger partial charge in [0.25, 0.3) is 0 Å². The Morgan fingerprint density at radius 1 is 1.29 bits per heavy atom. The molecule has 24 heavy (non-hydrogen) atoms. The number of aromatic nitrogens is 3. The number of halogens is 5. The third-order valence-electron chi connectivity index (χ3n) is 3.47. The fraction of sp³-hybridized carbons (Fsp3) is 0.308. The summed E-state index contributed by atoms with van der Waals surface area (Å²) in [7, 11) is 0. The van der Waals surface area contributed by atoms with Gasteiger partial charge in [-0.3, -0.25) is 0 Å². The van der Waals surface area contributed by atoms with Gasteiger partial charge in [0.05, 0.1) is 12.2 Å². The van der Waals surface area contributed by atoms with Crippen LogP contribution in [0.1, 0.15) is 11.6 Å². The van der Waals surface area contributed by atoms with Crippen molar-refractivity contribution in [2.75, 3.05) is 11.9 Å². The summed E-state index contributed by atoms with van der Waals surface area (Å²) in [5.74, 6) is -0.947. The van der Waals surface area contributed by atoms with Crippen LogP contribution in [0.2, 0.25) is 5.02 Å². The van der Waals surface area contributed by atoms with Crippen molar-refractivity contribution in [2.24, 2.45) is 0 Å². The molecule has 6 nitrogen and oxygen atoms in total. The Balaban J connectivity index is 1.73. The van der Waals surface area contributed by atoms with Crippen molar-refractivity contribution >= 4 is 39.2 Å². The number of rotatable bonds is 1. The molecule has 1 aliphatic heterocycles. The van der Waals surface area contributed by atoms with Crippen molar-refractivity contribution in [3.8, 4) is 0 Å². The van der Waals surface area contributed by atoms with E-state index >= 15 is 0 Å². The van der Waals surface area contributed by atoms with Crippen LogP contribution in [-0.4, -0.2) is 32.2 Å². The van der Waals surface area contributed by atoms with Crippen molar-refractivity contribution < 1.29 is 18.0 Å². The Morgan fingerprint density at radius 2 is 2.04 bits per heavy atom. The fourth-order valence-electron chi connectivity index (χ4n) is 2.33. The summed E-state index contributed by atoms with van der Waals surface area (Å²) in [4.78, 5) is 13.7. The van der Waals surface area contributed by atoms with Crippen molar-refractivity contribution in [3.63, 3.8) is 0 Å². The average molecular weight is 425 g/mol. The Bertz CT molecular complexity index is 794. The van der Waals surface area contributed by atoms with Gasteiger partial charge in [0.2, 0.25) is 5.82 Å². The van der Waals surface area contributed by atoms with Gasteiger partial charge in [0.15, 0.2) is 5.82 Å². The molecule has 2 heterocycles. The van der Waals surface area contributed by atoms with Crippen molar-refractivity contribution in [1.82, 2.24) is 19.7 Å². The van der Waals surface area contributed by atoms with Crippen LogP contribution in [0.15, 0.2) is 22.7 Å². The first-order valence-electron chi connectivity index (χ1n) is 6.76. The standard InChI is InChI=1S/C13H10BrClF3N5O/c14-8-5-7(15)1-2-9(8)19-12(24)22-3-4-23-10(6-22)20-21-11(23)13(16,17)18/h1-2,5H,3-4,6H2,(H,19,24). The lowest BCUT2D eigenvalue weighted by molar-refractivity contribution is -0.147. The van der Waals surface area contributed by atoms with Crippen LogP contribution in [-0.2, 0) is 19.3 Å². The van der Waals surface area contributed by atoms with Crippen LogP contribution >= 0.6 is 27.5 Å². The molecule has 0 unspecified atom stereocenters. The number of hydrogen-bond acceptors (Lipinski definition) is 3. The highest BCUT2D eigenvalue weighted by molar-refractivity contribution is 9.10. The molecule has 0 aliphatic carbocycles. The number of urea groups is 1. The number of nitrogens with one attached hydrogen (secondary N) is 1. The molecule has 0 radical (unpaired) electrons. The maximum absolute atomic E-state index is 12.8. The molecule has 1 N–H and O–H groups in total. The summed E-state index contributed by atoms with van der Waals surface area (Å²) in [5.41, 5.74) is 0.507. The minimum absolute atomic E-state index is 0.0214. The monoisotopic (exact) mass is 423 g/mol. The van der Waals surface area contributed by atoms with Gasteiger partial charge in [0.1, 0.15) is 0 Å². The zero-order chi connectivity index (χ0) is 17.5. The second-order valence-corrected chi connectivity index (χ2v) is 6.36. The van der Waals surface area contributed by atoms with Crippen molar-refractivity contribution in [2.45, 2.75) is 19.3 Å². The van der Waals surface area contributed by atoms with E-state index in [1.807, 2.05) is 0 Å². The maximum Gasteiger partial charge on any atom is 0.451 e. The van der Waals surface area contributed by atoms with Gasteiger partial charge in [-0.1, -0.05) is 11.6 Å². The van der Waals surface area contributed by atoms with Crippen LogP contribution in [0.25, 0.3) is 0 Å². The largest absolute Gasteiger partial charge is 0.451 e. The number of carbonyl (C=O) groups excluding carboxylic acids is 1. The van der Waals surface area contributed by atoms with Crippen molar-refractivity contribution in [1.29, 1.82) is 0 Å². The average Bonchev–Trinajstić information content (AvgIpc) is 2.93. The smallest absolute Gasteiger partial charge is 0.315 e. The van der Waals surface area contributed by atoms with Crippen LogP contribution in [0.4, 0.5) is 23.7 Å². The van der Waals surface area contributed by atoms with E-state index in [4.69, 9.17) is 11.6 Å². The van der Waals surface area contributed by atoms with Gasteiger partial charge >= 0.3 is 12.2 Å². The number of alkyl halides is 3. The first-order valence-corrected chi connectivity index (χ1v) is 7.93. The molecule has 3 rings (SSSR count). The fourth-order valence-corrected chi connectivity index (χ4v) is 3.11. The third-order valence-corrected chi connectivity index (χ3v) is 4.36. The van der Waals surface area contributed by atoms with Crippen molar-refractivity contribution in [3.05, 3.63) is 39.3 Å². The van der Waals surface area contributed by atoms with E-state index < -0.39 is 18.0 Å². The van der Waals surface area contributed by atoms with E-state index in [-0.39, 0.29) is 25.5 Å². The molecule has 1 aromatic carbocycles. The highest BCUT2D eigenvalue weighted by Gasteiger charge is 2.39. The van der Waals surface area contributed by atoms with Gasteiger partial charge in [-0.25, -0.2) is 4.79 Å². The number of benzene rings is 1. The summed E-state index contributed by atoms with van der Waals surface area (Å²) in [5, 5.41) is 9.90. The van der Waals surface area contributed by atoms with Gasteiger partial charge < -0.3 is 14.8 Å². The molecule has 2 amide bonds. The molecule has 0 saturated heterocycles. The summed E-state index contributed by atoms with van der Waals surface area (Å²) >= 11 is 9.12. The van der Waals surface area contributed by atoms with E-state index in [0.717, 1.165) is 4.57 Å². The van der Waals surface area contributed by atoms with E-state index in [1.54, 1.807) is 18.2 Å². The Morgan fingerprint density at radius 3 is 2.71 bits per heavy atom. The van der Waals surface area contributed by atoms with Crippen LogP contribution in [0.3, 0.4) is 0 Å². The predicted molar refractivity (Wildman–Crippen MR) is 83.6 cm³/mol. The van der Waals surface area contributed by atoms with Crippen LogP contribution in [0, 0.1) is 0 Å². The third kappa shape index (κ3) is 3.34. The minimum Gasteiger partial charge on any atom is -0.315 e. The molecule has 0 atom stereocenters. The number of amides is 2. The number of nitrogens with zero attached hydrogens (tertiary/aromatic N) is 4. The predicted octanol–water partition coefficient (Wildman–Crippen LogP) is 3.76. The second kappa shape index (κ2) is 6.25. The zero-order valence-corrected chi connectivity index (χ0v) is 14.3. The minimum atomic E-state index is -4.57. The summed E-state index contributed by atoms with van der Waals surface area (Å²) in [6.07, 6.45) is -4.57. The number of anilines is 1. The quantitative estimate of drug-likeness (QED) is 0.758. The first-order chi connectivity index (χ1) is 11.3. The van der Waals surface area contributed by atoms with Gasteiger partial charge in [-0.05, 0) is 34.1 Å². The summed E-state index contributed by atoms with van der Waals surface area (Å²) in [6, 6.07) is 4.42. The van der Waals surface area contributed by atoms with Crippen LogP contribution in [0.5, 0.6) is 0 Å². The van der Waals surface area contributed by atoms with Gasteiger partial charge in [-0.2, -0.15) is 13.2 Å². The molecule has 0 fully saturated rings. The molecule has 11 heteroatoms. The van der Waals surface area contributed by atoms with E-state index in [0.29, 0.717) is 15.2 Å². The number of hydrogen-bond donors (Lipinski definition) is 1. The molecular formula is C13H10BrClF3N5O. The highest BCUT2D eigenvalue weighted by Crippen LogP contribution is 2.30. The summed E-state index contributed by atoms with van der Waals surface area (Å²) < 4.78 is 40.0. The topological polar surface area (TPSA) is 63.1 Å². The molecule has 1 aliphatic rings. The Kier molecular flexibility index (Phi) is 4.43. The second-order valence-electron chi connectivity index (χ2n) is 5.07. The SMILES string of the molecule is O=C(Nc1ccc(Cl)cc1Br)N1CCn2c(nnc2C(F)(F)F)C1. The Hall–Kier alpha value is -1.81. The van der Waals surface area contributed by atoms with E-state index in [1.165, 1.54) is 4.90 Å². The maximum atomic E-state index is 12.8. The molecule has 0 bridgehead atoms. The normalized spacial score (nSPS) is 14.5. The zero-order valence-electron chi connectivity index (χ0n) is 11.9. The first kappa shape index (κ1) is 17.0. The number of carbonyl (C=O) groups is 1. The number of fused-ring (bicyclic) bond motifs is 1. The molecule has 128 valence electrons. The Labute approximate surface area is 147 Å². The lowest BCUT2D eigenvalue weighted by Crippen LogP contribution is -2.41. The van der Waals surface area contributed by atoms with Gasteiger partial charge in [-0.15, -0.1) is 10.2 Å². The lowest BCUT2D eigenvalue weighted by Gasteiger charge is -2.28. The molecule has 0 saturated carbocycles. The highest BCUT2D eigenvalue weighted by atomic mass is 79.9. The molecule has 2 aromatic rings. The molecular weight excluding hydrogens is 415 g/mol. The molecule has 1 aromatic heterocycles.